The zero-order valence-electron chi connectivity index (χ0n) is 16.2. The standard InChI is InChI=1S/C19H34N4S.HI/c1-5-20-19(21-12-7-8-13-24-4)22-15-17-10-9-11-18(14-17)16-23(3)6-2;/h9-11,14H,5-8,12-13,15-16H2,1-4H3,(H2,20,21,22);1H. The summed E-state index contributed by atoms with van der Waals surface area (Å²) in [6, 6.07) is 8.74. The van der Waals surface area contributed by atoms with Crippen LogP contribution in [0.2, 0.25) is 0 Å². The fourth-order valence-electron chi connectivity index (χ4n) is 2.34. The Hall–Kier alpha value is -0.470. The molecule has 2 N–H and O–H groups in total. The molecule has 0 saturated carbocycles. The molecule has 1 aromatic rings. The molecule has 144 valence electrons. The summed E-state index contributed by atoms with van der Waals surface area (Å²) >= 11 is 1.91. The average Bonchev–Trinajstić information content (AvgIpc) is 2.59. The van der Waals surface area contributed by atoms with Crippen molar-refractivity contribution in [1.29, 1.82) is 0 Å². The molecule has 0 unspecified atom stereocenters. The number of nitrogens with zero attached hydrogens (tertiary/aromatic N) is 2. The molecule has 1 aromatic carbocycles. The summed E-state index contributed by atoms with van der Waals surface area (Å²) in [5, 5.41) is 6.75. The lowest BCUT2D eigenvalue weighted by Gasteiger charge is -2.14. The summed E-state index contributed by atoms with van der Waals surface area (Å²) < 4.78 is 0. The average molecular weight is 478 g/mol. The molecule has 0 aliphatic heterocycles. The minimum Gasteiger partial charge on any atom is -0.357 e. The van der Waals surface area contributed by atoms with Crippen LogP contribution < -0.4 is 10.6 Å². The Balaban J connectivity index is 0.00000576. The number of hydrogen-bond donors (Lipinski definition) is 2. The highest BCUT2D eigenvalue weighted by atomic mass is 127. The van der Waals surface area contributed by atoms with Crippen molar-refractivity contribution in [2.45, 2.75) is 39.8 Å². The third kappa shape index (κ3) is 11.7. The first-order valence-electron chi connectivity index (χ1n) is 8.97. The van der Waals surface area contributed by atoms with Gasteiger partial charge in [-0.2, -0.15) is 11.8 Å². The topological polar surface area (TPSA) is 39.7 Å². The van der Waals surface area contributed by atoms with Gasteiger partial charge in [-0.15, -0.1) is 24.0 Å². The minimum absolute atomic E-state index is 0. The van der Waals surface area contributed by atoms with Crippen LogP contribution in [-0.2, 0) is 13.1 Å². The second kappa shape index (κ2) is 15.8. The molecule has 0 aliphatic carbocycles. The van der Waals surface area contributed by atoms with E-state index in [9.17, 15) is 0 Å². The van der Waals surface area contributed by atoms with Crippen molar-refractivity contribution >= 4 is 41.7 Å². The van der Waals surface area contributed by atoms with Crippen LogP contribution in [-0.4, -0.2) is 49.6 Å². The fraction of sp³-hybridized carbons (Fsp3) is 0.632. The number of benzene rings is 1. The molecular formula is C19H35IN4S. The first-order valence-corrected chi connectivity index (χ1v) is 10.4. The third-order valence-corrected chi connectivity index (χ3v) is 4.51. The molecule has 6 heteroatoms. The molecule has 0 aliphatic rings. The van der Waals surface area contributed by atoms with Gasteiger partial charge in [0.2, 0.25) is 0 Å². The Morgan fingerprint density at radius 1 is 1.16 bits per heavy atom. The highest BCUT2D eigenvalue weighted by molar-refractivity contribution is 14.0. The predicted octanol–water partition coefficient (Wildman–Crippen LogP) is 3.95. The van der Waals surface area contributed by atoms with Gasteiger partial charge in [0, 0.05) is 19.6 Å². The Bertz CT molecular complexity index is 482. The molecule has 0 radical (unpaired) electrons. The van der Waals surface area contributed by atoms with E-state index in [0.29, 0.717) is 6.54 Å². The number of aliphatic imine (C=N–C) groups is 1. The maximum atomic E-state index is 4.72. The number of thioether (sulfide) groups is 1. The van der Waals surface area contributed by atoms with E-state index in [4.69, 9.17) is 4.99 Å². The molecule has 0 aromatic heterocycles. The van der Waals surface area contributed by atoms with Gasteiger partial charge in [0.05, 0.1) is 6.54 Å². The molecule has 0 bridgehead atoms. The number of nitrogens with one attached hydrogen (secondary N) is 2. The number of unbranched alkanes of at least 4 members (excludes halogenated alkanes) is 1. The molecule has 0 spiro atoms. The lowest BCUT2D eigenvalue weighted by atomic mass is 10.1. The zero-order valence-corrected chi connectivity index (χ0v) is 19.3. The van der Waals surface area contributed by atoms with E-state index in [2.05, 4.69) is 66.9 Å². The largest absolute Gasteiger partial charge is 0.357 e. The van der Waals surface area contributed by atoms with Crippen molar-refractivity contribution in [3.8, 4) is 0 Å². The van der Waals surface area contributed by atoms with Crippen LogP contribution in [0.3, 0.4) is 0 Å². The second-order valence-electron chi connectivity index (χ2n) is 5.97. The molecular weight excluding hydrogens is 443 g/mol. The number of hydrogen-bond acceptors (Lipinski definition) is 3. The van der Waals surface area contributed by atoms with Crippen LogP contribution in [0.1, 0.15) is 37.8 Å². The smallest absolute Gasteiger partial charge is 0.191 e. The zero-order chi connectivity index (χ0) is 17.6. The maximum absolute atomic E-state index is 4.72. The number of rotatable bonds is 11. The van der Waals surface area contributed by atoms with E-state index in [0.717, 1.165) is 32.1 Å². The molecule has 4 nitrogen and oxygen atoms in total. The van der Waals surface area contributed by atoms with Gasteiger partial charge in [0.25, 0.3) is 0 Å². The maximum Gasteiger partial charge on any atom is 0.191 e. The Kier molecular flexibility index (Phi) is 15.5. The van der Waals surface area contributed by atoms with Crippen molar-refractivity contribution in [3.63, 3.8) is 0 Å². The summed E-state index contributed by atoms with van der Waals surface area (Å²) in [5.41, 5.74) is 2.61. The van der Waals surface area contributed by atoms with E-state index >= 15 is 0 Å². The van der Waals surface area contributed by atoms with Crippen LogP contribution in [0.4, 0.5) is 0 Å². The Labute approximate surface area is 175 Å². The third-order valence-electron chi connectivity index (χ3n) is 3.82. The van der Waals surface area contributed by atoms with E-state index in [-0.39, 0.29) is 24.0 Å². The van der Waals surface area contributed by atoms with Crippen molar-refractivity contribution in [1.82, 2.24) is 15.5 Å². The quantitative estimate of drug-likeness (QED) is 0.219. The number of guanidine groups is 1. The molecule has 25 heavy (non-hydrogen) atoms. The molecule has 1 rings (SSSR count). The van der Waals surface area contributed by atoms with Crippen LogP contribution in [0.15, 0.2) is 29.3 Å². The van der Waals surface area contributed by atoms with Crippen molar-refractivity contribution < 1.29 is 0 Å². The Morgan fingerprint density at radius 2 is 1.92 bits per heavy atom. The highest BCUT2D eigenvalue weighted by Gasteiger charge is 2.01. The van der Waals surface area contributed by atoms with Crippen LogP contribution in [0, 0.1) is 0 Å². The van der Waals surface area contributed by atoms with Crippen molar-refractivity contribution in [2.24, 2.45) is 4.99 Å². The van der Waals surface area contributed by atoms with Gasteiger partial charge in [0.1, 0.15) is 0 Å². The predicted molar refractivity (Wildman–Crippen MR) is 124 cm³/mol. The first-order chi connectivity index (χ1) is 11.7. The van der Waals surface area contributed by atoms with Gasteiger partial charge in [-0.3, -0.25) is 0 Å². The van der Waals surface area contributed by atoms with Gasteiger partial charge in [-0.05, 0) is 56.5 Å². The SMILES string of the molecule is CCNC(=NCc1cccc(CN(C)CC)c1)NCCCCSC.I. The molecule has 0 heterocycles. The Morgan fingerprint density at radius 3 is 2.60 bits per heavy atom. The summed E-state index contributed by atoms with van der Waals surface area (Å²) in [6.07, 6.45) is 4.59. The molecule has 0 saturated heterocycles. The summed E-state index contributed by atoms with van der Waals surface area (Å²) in [6.45, 7) is 8.92. The van der Waals surface area contributed by atoms with Crippen LogP contribution in [0.5, 0.6) is 0 Å². The highest BCUT2D eigenvalue weighted by Crippen LogP contribution is 2.08. The van der Waals surface area contributed by atoms with E-state index in [1.54, 1.807) is 0 Å². The van der Waals surface area contributed by atoms with E-state index in [1.807, 2.05) is 11.8 Å². The molecule has 0 amide bonds. The fourth-order valence-corrected chi connectivity index (χ4v) is 2.83. The molecule has 0 atom stereocenters. The summed E-state index contributed by atoms with van der Waals surface area (Å²) in [7, 11) is 2.15. The van der Waals surface area contributed by atoms with Crippen molar-refractivity contribution in [3.05, 3.63) is 35.4 Å². The minimum atomic E-state index is 0. The van der Waals surface area contributed by atoms with Gasteiger partial charge in [-0.25, -0.2) is 4.99 Å². The van der Waals surface area contributed by atoms with Gasteiger partial charge in [0.15, 0.2) is 5.96 Å². The van der Waals surface area contributed by atoms with E-state index in [1.165, 1.54) is 29.7 Å². The van der Waals surface area contributed by atoms with Gasteiger partial charge >= 0.3 is 0 Å². The van der Waals surface area contributed by atoms with Gasteiger partial charge < -0.3 is 15.5 Å². The van der Waals surface area contributed by atoms with Gasteiger partial charge in [-0.1, -0.05) is 31.2 Å². The molecule has 0 fully saturated rings. The second-order valence-corrected chi connectivity index (χ2v) is 6.96. The summed E-state index contributed by atoms with van der Waals surface area (Å²) in [5.74, 6) is 2.15. The van der Waals surface area contributed by atoms with E-state index < -0.39 is 0 Å². The van der Waals surface area contributed by atoms with Crippen LogP contribution in [0.25, 0.3) is 0 Å². The lowest BCUT2D eigenvalue weighted by molar-refractivity contribution is 0.345. The summed E-state index contributed by atoms with van der Waals surface area (Å²) in [4.78, 5) is 7.03. The monoisotopic (exact) mass is 478 g/mol. The van der Waals surface area contributed by atoms with Crippen LogP contribution >= 0.6 is 35.7 Å². The normalized spacial score (nSPS) is 11.3. The van der Waals surface area contributed by atoms with Crippen molar-refractivity contribution in [2.75, 3.05) is 38.7 Å². The first kappa shape index (κ1) is 24.5. The number of halogens is 1. The lowest BCUT2D eigenvalue weighted by Crippen LogP contribution is -2.37.